The maximum absolute atomic E-state index is 2.63. The van der Waals surface area contributed by atoms with Crippen LogP contribution in [0.2, 0.25) is 0 Å². The number of hydrogen-bond acceptors (Lipinski definition) is 0. The molecule has 0 N–H and O–H groups in total. The Morgan fingerprint density at radius 3 is 2.20 bits per heavy atom. The van der Waals surface area contributed by atoms with Crippen LogP contribution in [0.5, 0.6) is 0 Å². The average Bonchev–Trinajstić information content (AvgIpc) is 3.51. The second-order valence-electron chi connectivity index (χ2n) is 13.7. The molecule has 0 saturated carbocycles. The van der Waals surface area contributed by atoms with Gasteiger partial charge in [0.1, 0.15) is 23.6 Å². The second kappa shape index (κ2) is 9.89. The summed E-state index contributed by atoms with van der Waals surface area (Å²) in [6, 6.07) is 20.7. The van der Waals surface area contributed by atoms with E-state index in [-0.39, 0.29) is 11.0 Å². The Hall–Kier alpha value is -3.33. The van der Waals surface area contributed by atoms with Crippen LogP contribution in [0, 0.1) is 11.8 Å². The molecular weight excluding hydrogens is 498 g/mol. The number of para-hydroxylation sites is 1. The van der Waals surface area contributed by atoms with Crippen molar-refractivity contribution in [2.24, 2.45) is 18.9 Å². The van der Waals surface area contributed by atoms with Crippen molar-refractivity contribution in [1.82, 2.24) is 9.13 Å². The fourth-order valence-electron chi connectivity index (χ4n) is 8.02. The summed E-state index contributed by atoms with van der Waals surface area (Å²) >= 11 is 0. The molecular formula is C38H48N3+. The number of benzene rings is 3. The third-order valence-corrected chi connectivity index (χ3v) is 10.5. The number of hydrogen-bond donors (Lipinski definition) is 0. The lowest BCUT2D eigenvalue weighted by atomic mass is 9.61. The third-order valence-electron chi connectivity index (χ3n) is 10.5. The van der Waals surface area contributed by atoms with E-state index in [2.05, 4.69) is 143 Å². The minimum absolute atomic E-state index is 0.0311. The van der Waals surface area contributed by atoms with E-state index in [4.69, 9.17) is 0 Å². The lowest BCUT2D eigenvalue weighted by Crippen LogP contribution is -2.67. The van der Waals surface area contributed by atoms with Crippen molar-refractivity contribution in [2.45, 2.75) is 92.0 Å². The van der Waals surface area contributed by atoms with Gasteiger partial charge in [-0.3, -0.25) is 0 Å². The minimum atomic E-state index is -0.0311. The predicted octanol–water partition coefficient (Wildman–Crippen LogP) is 9.28. The van der Waals surface area contributed by atoms with Gasteiger partial charge >= 0.3 is 0 Å². The predicted molar refractivity (Wildman–Crippen MR) is 174 cm³/mol. The monoisotopic (exact) mass is 546 g/mol. The molecule has 0 bridgehead atoms. The first kappa shape index (κ1) is 27.8. The third kappa shape index (κ3) is 3.87. The van der Waals surface area contributed by atoms with Crippen LogP contribution in [-0.2, 0) is 30.8 Å². The largest absolute Gasteiger partial charge is 0.344 e. The highest BCUT2D eigenvalue weighted by molar-refractivity contribution is 6.11. The summed E-state index contributed by atoms with van der Waals surface area (Å²) in [4.78, 5) is 0. The first-order valence-electron chi connectivity index (χ1n) is 15.8. The van der Waals surface area contributed by atoms with Crippen molar-refractivity contribution < 1.29 is 4.57 Å². The molecule has 41 heavy (non-hydrogen) atoms. The first-order valence-corrected chi connectivity index (χ1v) is 15.8. The van der Waals surface area contributed by atoms with Crippen LogP contribution in [0.4, 0.5) is 0 Å². The summed E-state index contributed by atoms with van der Waals surface area (Å²) < 4.78 is 7.63. The summed E-state index contributed by atoms with van der Waals surface area (Å²) in [6.45, 7) is 19.1. The van der Waals surface area contributed by atoms with E-state index in [1.165, 1.54) is 55.6 Å². The number of rotatable bonds is 7. The number of fused-ring (bicyclic) bond motifs is 6. The lowest BCUT2D eigenvalue weighted by Gasteiger charge is -2.47. The first-order chi connectivity index (χ1) is 19.6. The molecule has 0 amide bonds. The molecule has 0 radical (unpaired) electrons. The molecule has 6 rings (SSSR count). The van der Waals surface area contributed by atoms with Crippen LogP contribution < -0.4 is 4.57 Å². The zero-order valence-corrected chi connectivity index (χ0v) is 26.7. The van der Waals surface area contributed by atoms with Crippen LogP contribution in [0.1, 0.15) is 84.9 Å². The average molecular weight is 547 g/mol. The van der Waals surface area contributed by atoms with E-state index in [0.29, 0.717) is 11.8 Å². The van der Waals surface area contributed by atoms with Crippen LogP contribution >= 0.6 is 0 Å². The van der Waals surface area contributed by atoms with E-state index in [1.807, 2.05) is 0 Å². The van der Waals surface area contributed by atoms with Crippen molar-refractivity contribution in [1.29, 1.82) is 0 Å². The van der Waals surface area contributed by atoms with Gasteiger partial charge in [-0.15, -0.1) is 0 Å². The van der Waals surface area contributed by atoms with Gasteiger partial charge in [-0.2, -0.15) is 4.57 Å². The van der Waals surface area contributed by atoms with E-state index >= 15 is 0 Å². The van der Waals surface area contributed by atoms with Gasteiger partial charge in [0.05, 0.1) is 5.56 Å². The Morgan fingerprint density at radius 1 is 0.829 bits per heavy atom. The number of aryl methyl sites for hydroxylation is 1. The van der Waals surface area contributed by atoms with E-state index in [1.54, 1.807) is 0 Å². The Balaban J connectivity index is 1.78. The molecule has 1 aliphatic heterocycles. The molecule has 2 unspecified atom stereocenters. The fourth-order valence-corrected chi connectivity index (χ4v) is 8.02. The molecule has 3 nitrogen and oxygen atoms in total. The summed E-state index contributed by atoms with van der Waals surface area (Å²) in [6.07, 6.45) is 9.03. The van der Waals surface area contributed by atoms with Gasteiger partial charge in [-0.25, -0.2) is 4.57 Å². The Bertz CT molecular complexity index is 1760. The summed E-state index contributed by atoms with van der Waals surface area (Å²) in [7, 11) is 2.24. The summed E-state index contributed by atoms with van der Waals surface area (Å²) in [5, 5.41) is 2.79. The van der Waals surface area contributed by atoms with Crippen molar-refractivity contribution >= 4 is 21.8 Å². The van der Waals surface area contributed by atoms with Crippen LogP contribution in [0.3, 0.4) is 0 Å². The topological polar surface area (TPSA) is 13.7 Å². The molecule has 2 atom stereocenters. The van der Waals surface area contributed by atoms with Crippen molar-refractivity contribution in [3.8, 4) is 17.1 Å². The van der Waals surface area contributed by atoms with Gasteiger partial charge < -0.3 is 4.57 Å². The molecule has 214 valence electrons. The molecule has 0 saturated heterocycles. The van der Waals surface area contributed by atoms with Gasteiger partial charge in [0, 0.05) is 45.4 Å². The lowest BCUT2D eigenvalue weighted by molar-refractivity contribution is -0.764. The Labute approximate surface area is 246 Å². The van der Waals surface area contributed by atoms with Crippen molar-refractivity contribution in [3.05, 3.63) is 83.7 Å². The maximum atomic E-state index is 2.63. The molecule has 0 fully saturated rings. The molecule has 3 aromatic carbocycles. The van der Waals surface area contributed by atoms with E-state index in [0.717, 1.165) is 25.7 Å². The van der Waals surface area contributed by atoms with Gasteiger partial charge in [0.2, 0.25) is 0 Å². The SMILES string of the molecule is CCC1(C)c2ccccc2-c2n(-c3c(CC(C)C)cc4c(c3CC(C)C)c3ccccc3n4C)cc[n+]2C1(C)CC. The fraction of sp³-hybridized carbons (Fsp3) is 0.447. The quantitative estimate of drug-likeness (QED) is 0.181. The molecule has 3 heteroatoms. The maximum Gasteiger partial charge on any atom is 0.294 e. The highest BCUT2D eigenvalue weighted by Gasteiger charge is 2.55. The highest BCUT2D eigenvalue weighted by Crippen LogP contribution is 2.50. The molecule has 0 aliphatic carbocycles. The number of nitrogens with zero attached hydrogens (tertiary/aromatic N) is 3. The molecule has 1 aliphatic rings. The van der Waals surface area contributed by atoms with Crippen molar-refractivity contribution in [2.75, 3.05) is 0 Å². The minimum Gasteiger partial charge on any atom is -0.344 e. The van der Waals surface area contributed by atoms with Gasteiger partial charge in [-0.1, -0.05) is 84.9 Å². The number of imidazole rings is 1. The normalized spacial score (nSPS) is 20.4. The van der Waals surface area contributed by atoms with Gasteiger partial charge in [-0.05, 0) is 68.2 Å². The summed E-state index contributed by atoms with van der Waals surface area (Å²) in [5.74, 6) is 2.43. The molecule has 2 aromatic heterocycles. The van der Waals surface area contributed by atoms with E-state index < -0.39 is 0 Å². The highest BCUT2D eigenvalue weighted by atomic mass is 15.2. The zero-order valence-electron chi connectivity index (χ0n) is 26.7. The van der Waals surface area contributed by atoms with Crippen LogP contribution in [0.25, 0.3) is 38.9 Å². The van der Waals surface area contributed by atoms with Crippen LogP contribution in [0.15, 0.2) is 67.0 Å². The van der Waals surface area contributed by atoms with E-state index in [9.17, 15) is 0 Å². The summed E-state index contributed by atoms with van der Waals surface area (Å²) in [5.41, 5.74) is 9.87. The molecule has 3 heterocycles. The Morgan fingerprint density at radius 2 is 1.51 bits per heavy atom. The number of aromatic nitrogens is 3. The van der Waals surface area contributed by atoms with Gasteiger partial charge in [0.15, 0.2) is 0 Å². The smallest absolute Gasteiger partial charge is 0.294 e. The van der Waals surface area contributed by atoms with Crippen LogP contribution in [-0.4, -0.2) is 9.13 Å². The van der Waals surface area contributed by atoms with Gasteiger partial charge in [0.25, 0.3) is 5.82 Å². The second-order valence-corrected chi connectivity index (χ2v) is 13.7. The standard InChI is InChI=1S/C38H48N3/c1-10-37(7)31-18-14-12-16-28(31)36-40(20-21-41(36)38(37,8)11-2)35-27(22-25(3)4)24-33-34(30(35)23-26(5)6)29-17-13-15-19-32(29)39(33)9/h12-21,24-26H,10-11,22-23H2,1-9H3/q+1. The Kier molecular flexibility index (Phi) is 6.71. The molecule has 0 spiro atoms. The zero-order chi connectivity index (χ0) is 29.3. The molecule has 5 aromatic rings. The van der Waals surface area contributed by atoms with Crippen molar-refractivity contribution in [3.63, 3.8) is 0 Å².